The molecule has 0 radical (unpaired) electrons. The number of anilines is 3. The number of fused-ring (bicyclic) bond motifs is 12. The Morgan fingerprint density at radius 1 is 0.262 bits per heavy atom. The molecule has 3 aromatic heterocycles. The maximum atomic E-state index is 6.06. The minimum Gasteiger partial charge on any atom is -0.481 e. The predicted molar refractivity (Wildman–Crippen MR) is 416 cm³/mol. The average molecular weight is 1320 g/mol. The van der Waals surface area contributed by atoms with Crippen LogP contribution in [0.5, 0.6) is 17.2 Å². The molecule has 103 heavy (non-hydrogen) atoms. The van der Waals surface area contributed by atoms with Gasteiger partial charge in [0.2, 0.25) is 0 Å². The summed E-state index contributed by atoms with van der Waals surface area (Å²) in [7, 11) is 0. The molecule has 12 aromatic carbocycles. The normalized spacial score (nSPS) is 13.3. The first-order valence-corrected chi connectivity index (χ1v) is 34.9. The summed E-state index contributed by atoms with van der Waals surface area (Å²) in [4.78, 5) is 19.0. The fourth-order valence-corrected chi connectivity index (χ4v) is 16.9. The van der Waals surface area contributed by atoms with E-state index >= 15 is 0 Å². The summed E-state index contributed by atoms with van der Waals surface area (Å²) in [6.07, 6.45) is 6.22. The van der Waals surface area contributed by atoms with Crippen molar-refractivity contribution in [3.05, 3.63) is 377 Å². The lowest BCUT2D eigenvalue weighted by atomic mass is 9.68. The van der Waals surface area contributed by atoms with E-state index in [0.29, 0.717) is 37.3 Å². The molecule has 7 nitrogen and oxygen atoms in total. The van der Waals surface area contributed by atoms with Gasteiger partial charge in [0.25, 0.3) is 0 Å². The van der Waals surface area contributed by atoms with E-state index in [1.807, 2.05) is 39.0 Å². The molecule has 3 aliphatic carbocycles. The van der Waals surface area contributed by atoms with Crippen molar-refractivity contribution in [3.8, 4) is 86.2 Å². The molecule has 0 bridgehead atoms. The van der Waals surface area contributed by atoms with E-state index < -0.39 is 16.2 Å². The molecule has 18 rings (SSSR count). The van der Waals surface area contributed by atoms with E-state index in [2.05, 4.69) is 332 Å². The lowest BCUT2D eigenvalue weighted by Crippen LogP contribution is -2.29. The Bertz CT molecular complexity index is 5370. The summed E-state index contributed by atoms with van der Waals surface area (Å²) in [5.41, 5.74) is 18.5. The Morgan fingerprint density at radius 2 is 0.495 bits per heavy atom. The van der Waals surface area contributed by atoms with Crippen LogP contribution in [0.15, 0.2) is 310 Å². The van der Waals surface area contributed by atoms with Gasteiger partial charge in [-0.2, -0.15) is 0 Å². The number of benzene rings is 12. The lowest BCUT2D eigenvalue weighted by molar-refractivity contribution is 0.370. The van der Waals surface area contributed by atoms with Crippen molar-refractivity contribution in [3.63, 3.8) is 0 Å². The molecule has 3 aliphatic rings. The van der Waals surface area contributed by atoms with Gasteiger partial charge in [-0.15, -0.1) is 17.8 Å². The highest BCUT2D eigenvalue weighted by atomic mass is 16.5. The van der Waals surface area contributed by atoms with E-state index in [-0.39, 0.29) is 0 Å². The number of rotatable bonds is 15. The Morgan fingerprint density at radius 3 is 0.738 bits per heavy atom. The number of ether oxygens (including phenoxy) is 3. The monoisotopic (exact) mass is 1320 g/mol. The number of nitrogens with zero attached hydrogens (tertiary/aromatic N) is 4. The topological polar surface area (TPSA) is 69.6 Å². The molecular formula is C96H66N4O3. The van der Waals surface area contributed by atoms with Gasteiger partial charge in [0, 0.05) is 18.6 Å². The van der Waals surface area contributed by atoms with E-state index in [1.54, 1.807) is 0 Å². The van der Waals surface area contributed by atoms with Crippen molar-refractivity contribution in [2.75, 3.05) is 24.7 Å². The Balaban J connectivity index is 0.816. The summed E-state index contributed by atoms with van der Waals surface area (Å²) >= 11 is 0. The summed E-state index contributed by atoms with van der Waals surface area (Å²) < 4.78 is 18.2. The largest absolute Gasteiger partial charge is 0.481 e. The third kappa shape index (κ3) is 9.90. The van der Waals surface area contributed by atoms with Crippen LogP contribution in [-0.4, -0.2) is 34.8 Å². The highest BCUT2D eigenvalue weighted by Crippen LogP contribution is 2.60. The lowest BCUT2D eigenvalue weighted by Gasteiger charge is -2.35. The van der Waals surface area contributed by atoms with E-state index in [4.69, 9.17) is 29.2 Å². The van der Waals surface area contributed by atoms with Gasteiger partial charge >= 0.3 is 0 Å². The van der Waals surface area contributed by atoms with Gasteiger partial charge in [0.15, 0.2) is 0 Å². The minimum atomic E-state index is -0.751. The summed E-state index contributed by atoms with van der Waals surface area (Å²) in [6.45, 7) is 6.48. The third-order valence-corrected chi connectivity index (χ3v) is 21.3. The molecule has 0 aliphatic heterocycles. The second-order valence-corrected chi connectivity index (χ2v) is 26.4. The van der Waals surface area contributed by atoms with Crippen LogP contribution in [0.2, 0.25) is 0 Å². The Kier molecular flexibility index (Phi) is 15.3. The van der Waals surface area contributed by atoms with Crippen LogP contribution in [0.4, 0.5) is 17.5 Å². The molecule has 0 atom stereocenters. The zero-order valence-corrected chi connectivity index (χ0v) is 57.1. The van der Waals surface area contributed by atoms with E-state index in [0.717, 1.165) is 82.9 Å². The highest BCUT2D eigenvalue weighted by molar-refractivity contribution is 5.94. The molecule has 15 aromatic rings. The smallest absolute Gasteiger partial charge is 0.149 e. The van der Waals surface area contributed by atoms with Gasteiger partial charge < -0.3 is 14.2 Å². The molecule has 0 N–H and O–H groups in total. The fourth-order valence-electron chi connectivity index (χ4n) is 16.9. The van der Waals surface area contributed by atoms with Gasteiger partial charge in [0.05, 0.1) is 16.2 Å². The van der Waals surface area contributed by atoms with Gasteiger partial charge in [-0.1, -0.05) is 236 Å². The first-order chi connectivity index (χ1) is 50.9. The maximum absolute atomic E-state index is 6.06. The molecular weight excluding hydrogens is 1260 g/mol. The second-order valence-electron chi connectivity index (χ2n) is 26.4. The number of hydrogen-bond donors (Lipinski definition) is 0. The third-order valence-electron chi connectivity index (χ3n) is 21.3. The van der Waals surface area contributed by atoms with Crippen molar-refractivity contribution < 1.29 is 14.2 Å². The van der Waals surface area contributed by atoms with E-state index in [1.165, 1.54) is 66.8 Å². The van der Waals surface area contributed by atoms with Crippen LogP contribution >= 0.6 is 0 Å². The average Bonchev–Trinajstić information content (AvgIpc) is 1.58. The number of aromatic nitrogens is 3. The van der Waals surface area contributed by atoms with Crippen LogP contribution in [0, 0.1) is 35.5 Å². The molecule has 0 fully saturated rings. The predicted octanol–water partition coefficient (Wildman–Crippen LogP) is 21.1. The van der Waals surface area contributed by atoms with Crippen molar-refractivity contribution in [1.29, 1.82) is 0 Å². The van der Waals surface area contributed by atoms with Crippen LogP contribution < -0.4 is 19.1 Å². The molecule has 7 heteroatoms. The molecule has 488 valence electrons. The van der Waals surface area contributed by atoms with E-state index in [9.17, 15) is 0 Å². The van der Waals surface area contributed by atoms with Crippen molar-refractivity contribution in [2.24, 2.45) is 0 Å². The fraction of sp³-hybridized carbons (Fsp3) is 0.0938. The van der Waals surface area contributed by atoms with Gasteiger partial charge in [-0.3, -0.25) is 4.90 Å². The van der Waals surface area contributed by atoms with Gasteiger partial charge in [-0.25, -0.2) is 15.0 Å². The summed E-state index contributed by atoms with van der Waals surface area (Å²) in [6, 6.07) is 106. The second kappa shape index (κ2) is 25.5. The maximum Gasteiger partial charge on any atom is 0.149 e. The van der Waals surface area contributed by atoms with Crippen LogP contribution in [0.25, 0.3) is 65.7 Å². The standard InChI is InChI=1S/C96H66N4O3/c1-4-7-52-101-76-46-37-64-55-70(40-34-67(64)58-76)94(85-28-16-10-22-79(85)80-23-11-17-29-86(80)94)73-43-49-91(97-61-73)100(92-50-44-74(62-98-92)95(87-30-18-12-24-81(87)82-25-13-19-31-88(82)95)71-41-35-68-59-77(102-53-8-5-2)47-38-65(68)56-71)93-51-45-75(63-99-93)96(89-32-20-14-26-83(89)84-27-15-21-33-90(84)96)72-42-36-69-60-78(103-54-9-6-3)48-39-66(69)57-72/h10-51,55-63H,52-54H2,1-3H3. The van der Waals surface area contributed by atoms with Crippen molar-refractivity contribution in [1.82, 2.24) is 15.0 Å². The first-order valence-electron chi connectivity index (χ1n) is 34.9. The van der Waals surface area contributed by atoms with Crippen molar-refractivity contribution >= 4 is 49.8 Å². The van der Waals surface area contributed by atoms with Gasteiger partial charge in [0.1, 0.15) is 54.5 Å². The SMILES string of the molecule is CC#CCOc1ccc2cc(C3(c4ccc(N(c5ccc(C6(c7ccc8cc(OCC#CC)ccc8c7)c7ccccc7-c7ccccc76)cn5)c5ccc(C6(c7ccc8cc(OCC#CC)ccc8c7)c7ccccc7-c7ccccc76)cn5)nc4)c4ccccc4-c4ccccc43)ccc2c1. The summed E-state index contributed by atoms with van der Waals surface area (Å²) in [5, 5.41) is 6.53. The van der Waals surface area contributed by atoms with Gasteiger partial charge in [-0.05, 0) is 226 Å². The number of hydrogen-bond acceptors (Lipinski definition) is 7. The minimum absolute atomic E-state index is 0.330. The molecule has 0 saturated carbocycles. The summed E-state index contributed by atoms with van der Waals surface area (Å²) in [5.74, 6) is 22.2. The Labute approximate surface area is 599 Å². The van der Waals surface area contributed by atoms with Crippen LogP contribution in [0.1, 0.15) is 87.5 Å². The zero-order valence-electron chi connectivity index (χ0n) is 57.1. The molecule has 0 amide bonds. The highest BCUT2D eigenvalue weighted by Gasteiger charge is 2.50. The number of pyridine rings is 3. The zero-order chi connectivity index (χ0) is 69.1. The Hall–Kier alpha value is -13.3. The van der Waals surface area contributed by atoms with Crippen LogP contribution in [-0.2, 0) is 16.2 Å². The van der Waals surface area contributed by atoms with Crippen molar-refractivity contribution in [2.45, 2.75) is 37.0 Å². The molecule has 3 heterocycles. The molecule has 0 spiro atoms. The van der Waals surface area contributed by atoms with Crippen LogP contribution in [0.3, 0.4) is 0 Å². The first kappa shape index (κ1) is 62.0. The quantitative estimate of drug-likeness (QED) is 0.0947. The molecule has 0 unspecified atom stereocenters. The molecule has 0 saturated heterocycles.